The summed E-state index contributed by atoms with van der Waals surface area (Å²) in [6, 6.07) is 8.08. The highest BCUT2D eigenvalue weighted by Gasteiger charge is 2.31. The molecule has 0 aliphatic heterocycles. The molecule has 0 amide bonds. The largest absolute Gasteiger partial charge is 0.481 e. The number of carboxylic acids is 1. The van der Waals surface area contributed by atoms with Crippen molar-refractivity contribution < 1.29 is 9.90 Å². The van der Waals surface area contributed by atoms with Crippen LogP contribution in [-0.4, -0.2) is 11.1 Å². The van der Waals surface area contributed by atoms with Crippen LogP contribution < -0.4 is 0 Å². The molecule has 104 valence electrons. The minimum atomic E-state index is -0.627. The molecular formula is C16H21ClO2. The first kappa shape index (κ1) is 14.4. The summed E-state index contributed by atoms with van der Waals surface area (Å²) < 4.78 is 0. The zero-order valence-electron chi connectivity index (χ0n) is 11.3. The molecule has 1 aromatic carbocycles. The van der Waals surface area contributed by atoms with Gasteiger partial charge in [0.1, 0.15) is 0 Å². The van der Waals surface area contributed by atoms with Crippen LogP contribution in [0.25, 0.3) is 0 Å². The van der Waals surface area contributed by atoms with Crippen molar-refractivity contribution in [1.82, 2.24) is 0 Å². The molecule has 0 spiro atoms. The molecule has 1 aliphatic rings. The second-order valence-electron chi connectivity index (χ2n) is 5.52. The van der Waals surface area contributed by atoms with Gasteiger partial charge < -0.3 is 5.11 Å². The fourth-order valence-corrected chi connectivity index (χ4v) is 3.43. The molecule has 1 fully saturated rings. The lowest BCUT2D eigenvalue weighted by Crippen LogP contribution is -2.26. The van der Waals surface area contributed by atoms with Gasteiger partial charge in [0.25, 0.3) is 0 Å². The van der Waals surface area contributed by atoms with Gasteiger partial charge in [0, 0.05) is 5.02 Å². The highest BCUT2D eigenvalue weighted by molar-refractivity contribution is 6.30. The Hall–Kier alpha value is -1.02. The van der Waals surface area contributed by atoms with Crippen molar-refractivity contribution in [3.05, 3.63) is 34.9 Å². The zero-order chi connectivity index (χ0) is 13.8. The van der Waals surface area contributed by atoms with Crippen LogP contribution >= 0.6 is 11.6 Å². The Bertz CT molecular complexity index is 419. The molecule has 0 saturated heterocycles. The van der Waals surface area contributed by atoms with E-state index in [-0.39, 0.29) is 5.92 Å². The van der Waals surface area contributed by atoms with E-state index in [2.05, 4.69) is 12.1 Å². The van der Waals surface area contributed by atoms with Gasteiger partial charge in [0.15, 0.2) is 0 Å². The molecule has 0 bridgehead atoms. The zero-order valence-corrected chi connectivity index (χ0v) is 12.1. The van der Waals surface area contributed by atoms with Crippen LogP contribution in [0.15, 0.2) is 24.3 Å². The van der Waals surface area contributed by atoms with Crippen molar-refractivity contribution in [1.29, 1.82) is 0 Å². The Morgan fingerprint density at radius 1 is 1.26 bits per heavy atom. The van der Waals surface area contributed by atoms with Gasteiger partial charge in [-0.25, -0.2) is 0 Å². The number of hydrogen-bond acceptors (Lipinski definition) is 1. The summed E-state index contributed by atoms with van der Waals surface area (Å²) in [6.45, 7) is 1.98. The van der Waals surface area contributed by atoms with E-state index in [4.69, 9.17) is 11.6 Å². The summed E-state index contributed by atoms with van der Waals surface area (Å²) in [4.78, 5) is 11.2. The highest BCUT2D eigenvalue weighted by atomic mass is 35.5. The third-order valence-corrected chi connectivity index (χ3v) is 4.69. The van der Waals surface area contributed by atoms with Crippen molar-refractivity contribution in [3.63, 3.8) is 0 Å². The van der Waals surface area contributed by atoms with Crippen LogP contribution in [0.1, 0.15) is 50.5 Å². The number of hydrogen-bond donors (Lipinski definition) is 1. The number of carbonyl (C=O) groups is 1. The maximum absolute atomic E-state index is 11.2. The van der Waals surface area contributed by atoms with E-state index in [0.29, 0.717) is 11.8 Å². The fourth-order valence-electron chi connectivity index (χ4n) is 3.30. The smallest absolute Gasteiger partial charge is 0.306 e. The Balaban J connectivity index is 1.95. The maximum atomic E-state index is 11.2. The van der Waals surface area contributed by atoms with Crippen LogP contribution in [-0.2, 0) is 4.79 Å². The van der Waals surface area contributed by atoms with Crippen molar-refractivity contribution in [3.8, 4) is 0 Å². The predicted octanol–water partition coefficient (Wildman–Crippen LogP) is 4.72. The molecule has 1 atom stereocenters. The van der Waals surface area contributed by atoms with Crippen molar-refractivity contribution in [2.45, 2.75) is 44.9 Å². The van der Waals surface area contributed by atoms with Gasteiger partial charge in [0.2, 0.25) is 0 Å². The van der Waals surface area contributed by atoms with Gasteiger partial charge in [-0.3, -0.25) is 4.79 Å². The van der Waals surface area contributed by atoms with Crippen molar-refractivity contribution in [2.75, 3.05) is 0 Å². The normalized spacial score (nSPS) is 24.9. The first-order valence-corrected chi connectivity index (χ1v) is 7.48. The molecule has 1 aliphatic carbocycles. The van der Waals surface area contributed by atoms with E-state index in [1.54, 1.807) is 0 Å². The number of rotatable bonds is 4. The third kappa shape index (κ3) is 3.50. The SMILES string of the molecule is CCC(C(=O)O)C1CCC(c2ccc(Cl)cc2)CC1. The van der Waals surface area contributed by atoms with E-state index in [1.165, 1.54) is 5.56 Å². The molecule has 0 aromatic heterocycles. The van der Waals surface area contributed by atoms with Gasteiger partial charge in [0.05, 0.1) is 5.92 Å². The Labute approximate surface area is 119 Å². The van der Waals surface area contributed by atoms with Crippen LogP contribution in [0, 0.1) is 11.8 Å². The van der Waals surface area contributed by atoms with Gasteiger partial charge in [-0.05, 0) is 61.6 Å². The summed E-state index contributed by atoms with van der Waals surface area (Å²) in [5.41, 5.74) is 1.34. The summed E-state index contributed by atoms with van der Waals surface area (Å²) >= 11 is 5.90. The number of carboxylic acid groups (broad SMARTS) is 1. The molecule has 19 heavy (non-hydrogen) atoms. The van der Waals surface area contributed by atoms with E-state index in [9.17, 15) is 9.90 Å². The van der Waals surface area contributed by atoms with Gasteiger partial charge >= 0.3 is 5.97 Å². The number of halogens is 1. The average Bonchev–Trinajstić information content (AvgIpc) is 2.41. The first-order valence-electron chi connectivity index (χ1n) is 7.10. The second kappa shape index (κ2) is 6.42. The predicted molar refractivity (Wildman–Crippen MR) is 77.6 cm³/mol. The Morgan fingerprint density at radius 3 is 2.32 bits per heavy atom. The standard InChI is InChI=1S/C16H21ClO2/c1-2-15(16(18)19)13-5-3-11(4-6-13)12-7-9-14(17)10-8-12/h7-11,13,15H,2-6H2,1H3,(H,18,19). The monoisotopic (exact) mass is 280 g/mol. The Kier molecular flexibility index (Phi) is 4.87. The van der Waals surface area contributed by atoms with Crippen molar-refractivity contribution in [2.24, 2.45) is 11.8 Å². The quantitative estimate of drug-likeness (QED) is 0.866. The lowest BCUT2D eigenvalue weighted by atomic mass is 9.73. The lowest BCUT2D eigenvalue weighted by molar-refractivity contribution is -0.144. The average molecular weight is 281 g/mol. The highest BCUT2D eigenvalue weighted by Crippen LogP contribution is 2.39. The second-order valence-corrected chi connectivity index (χ2v) is 5.95. The molecule has 1 aromatic rings. The van der Waals surface area contributed by atoms with Crippen LogP contribution in [0.5, 0.6) is 0 Å². The molecule has 2 rings (SSSR count). The molecule has 2 nitrogen and oxygen atoms in total. The molecule has 1 N–H and O–H groups in total. The minimum absolute atomic E-state index is 0.161. The van der Waals surface area contributed by atoms with Gasteiger partial charge in [-0.2, -0.15) is 0 Å². The van der Waals surface area contributed by atoms with E-state index >= 15 is 0 Å². The molecular weight excluding hydrogens is 260 g/mol. The summed E-state index contributed by atoms with van der Waals surface area (Å²) in [5.74, 6) is 0.134. The summed E-state index contributed by atoms with van der Waals surface area (Å²) in [6.07, 6.45) is 4.98. The topological polar surface area (TPSA) is 37.3 Å². The molecule has 3 heteroatoms. The van der Waals surface area contributed by atoms with Crippen molar-refractivity contribution >= 4 is 17.6 Å². The summed E-state index contributed by atoms with van der Waals surface area (Å²) in [5, 5.41) is 10.00. The van der Waals surface area contributed by atoms with Gasteiger partial charge in [-0.15, -0.1) is 0 Å². The number of aliphatic carboxylic acids is 1. The van der Waals surface area contributed by atoms with Crippen LogP contribution in [0.4, 0.5) is 0 Å². The van der Waals surface area contributed by atoms with E-state index in [1.807, 2.05) is 19.1 Å². The number of benzene rings is 1. The first-order chi connectivity index (χ1) is 9.11. The Morgan fingerprint density at radius 2 is 1.84 bits per heavy atom. The molecule has 0 radical (unpaired) electrons. The lowest BCUT2D eigenvalue weighted by Gasteiger charge is -2.32. The summed E-state index contributed by atoms with van der Waals surface area (Å²) in [7, 11) is 0. The fraction of sp³-hybridized carbons (Fsp3) is 0.562. The third-order valence-electron chi connectivity index (χ3n) is 4.44. The molecule has 1 saturated carbocycles. The van der Waals surface area contributed by atoms with E-state index in [0.717, 1.165) is 37.1 Å². The van der Waals surface area contributed by atoms with Crippen LogP contribution in [0.3, 0.4) is 0 Å². The van der Waals surface area contributed by atoms with E-state index < -0.39 is 5.97 Å². The van der Waals surface area contributed by atoms with Gasteiger partial charge in [-0.1, -0.05) is 30.7 Å². The maximum Gasteiger partial charge on any atom is 0.306 e. The minimum Gasteiger partial charge on any atom is -0.481 e. The van der Waals surface area contributed by atoms with Crippen LogP contribution in [0.2, 0.25) is 5.02 Å². The molecule has 1 unspecified atom stereocenters. The molecule has 0 heterocycles.